The van der Waals surface area contributed by atoms with E-state index < -0.39 is 8.24 Å². The number of rotatable bonds is 1. The first-order chi connectivity index (χ1) is 2.94. The maximum absolute atomic E-state index is 2.33. The van der Waals surface area contributed by atoms with Gasteiger partial charge in [-0.15, -0.1) is 0 Å². The summed E-state index contributed by atoms with van der Waals surface area (Å²) in [4.78, 5) is 0. The Morgan fingerprint density at radius 1 is 1.00 bits per heavy atom. The second-order valence-corrected chi connectivity index (χ2v) is 8.30. The molecule has 0 aliphatic rings. The first-order valence-corrected chi connectivity index (χ1v) is 6.07. The summed E-state index contributed by atoms with van der Waals surface area (Å²) in [6.45, 7) is 6.98. The molecule has 0 saturated carbocycles. The fourth-order valence-electron chi connectivity index (χ4n) is 0. The van der Waals surface area contributed by atoms with Crippen LogP contribution in [0.5, 0.6) is 0 Å². The van der Waals surface area contributed by atoms with Crippen LogP contribution in [-0.2, 0) is 0 Å². The third-order valence-electron chi connectivity index (χ3n) is 1.34. The van der Waals surface area contributed by atoms with Gasteiger partial charge >= 0.3 is 8.24 Å². The predicted octanol–water partition coefficient (Wildman–Crippen LogP) is 1.22. The van der Waals surface area contributed by atoms with Gasteiger partial charge in [-0.25, -0.2) is 4.57 Å². The summed E-state index contributed by atoms with van der Waals surface area (Å²) < 4.78 is 2.33. The molecular formula is C5H15NSi+. The first-order valence-electron chi connectivity index (χ1n) is 2.62. The maximum Gasteiger partial charge on any atom is 0.320 e. The Morgan fingerprint density at radius 3 is 1.14 bits per heavy atom. The van der Waals surface area contributed by atoms with E-state index >= 15 is 0 Å². The second-order valence-electron chi connectivity index (χ2n) is 3.07. The van der Waals surface area contributed by atoms with E-state index in [2.05, 4.69) is 38.3 Å². The highest BCUT2D eigenvalue weighted by Gasteiger charge is 2.27. The highest BCUT2D eigenvalue weighted by molar-refractivity contribution is 6.74. The minimum Gasteiger partial charge on any atom is -0.246 e. The Bertz CT molecular complexity index is 53.6. The molecule has 43 valence electrons. The van der Waals surface area contributed by atoms with E-state index in [1.165, 1.54) is 0 Å². The first kappa shape index (κ1) is 7.18. The summed E-state index contributed by atoms with van der Waals surface area (Å²) in [6, 6.07) is 0. The molecule has 0 saturated heterocycles. The molecule has 0 aliphatic heterocycles. The molecule has 0 heterocycles. The topological polar surface area (TPSA) is 5.90 Å². The molecule has 0 atom stereocenters. The highest BCUT2D eigenvalue weighted by Crippen LogP contribution is 1.98. The highest BCUT2D eigenvalue weighted by atomic mass is 28.3. The molecular weight excluding hydrogens is 102 g/mol. The van der Waals surface area contributed by atoms with Gasteiger partial charge in [0.05, 0.1) is 14.1 Å². The lowest BCUT2D eigenvalue weighted by Crippen LogP contribution is -2.44. The van der Waals surface area contributed by atoms with Crippen LogP contribution in [0, 0.1) is 0 Å². The molecule has 1 nitrogen and oxygen atoms in total. The van der Waals surface area contributed by atoms with Gasteiger partial charge in [-0.05, 0) is 19.6 Å². The van der Waals surface area contributed by atoms with Crippen LogP contribution in [0.4, 0.5) is 0 Å². The third-order valence-corrected chi connectivity index (χ3v) is 4.02. The molecule has 0 aliphatic carbocycles. The lowest BCUT2D eigenvalue weighted by molar-refractivity contribution is 0.809. The van der Waals surface area contributed by atoms with E-state index in [0.717, 1.165) is 0 Å². The molecule has 0 spiro atoms. The number of nitrogens with zero attached hydrogens (tertiary/aromatic N) is 1. The van der Waals surface area contributed by atoms with Crippen LogP contribution < -0.4 is 4.57 Å². The summed E-state index contributed by atoms with van der Waals surface area (Å²) in [6.07, 6.45) is 0. The van der Waals surface area contributed by atoms with Crippen LogP contribution in [0.25, 0.3) is 0 Å². The average molecular weight is 117 g/mol. The van der Waals surface area contributed by atoms with Gasteiger partial charge in [0, 0.05) is 0 Å². The van der Waals surface area contributed by atoms with Crippen LogP contribution in [0.1, 0.15) is 0 Å². The van der Waals surface area contributed by atoms with Gasteiger partial charge in [0.1, 0.15) is 0 Å². The van der Waals surface area contributed by atoms with Crippen molar-refractivity contribution in [1.82, 2.24) is 4.57 Å². The largest absolute Gasteiger partial charge is 0.320 e. The molecule has 0 rings (SSSR count). The van der Waals surface area contributed by atoms with Crippen molar-refractivity contribution < 1.29 is 0 Å². The van der Waals surface area contributed by atoms with Crippen molar-refractivity contribution in [3.05, 3.63) is 0 Å². The third kappa shape index (κ3) is 2.82. The van der Waals surface area contributed by atoms with Gasteiger partial charge in [-0.3, -0.25) is 0 Å². The molecule has 0 fully saturated rings. The molecule has 0 bridgehead atoms. The fourth-order valence-corrected chi connectivity index (χ4v) is 0. The molecule has 0 unspecified atom stereocenters. The monoisotopic (exact) mass is 117 g/mol. The van der Waals surface area contributed by atoms with Gasteiger partial charge in [-0.1, -0.05) is 0 Å². The van der Waals surface area contributed by atoms with E-state index in [1.54, 1.807) is 0 Å². The summed E-state index contributed by atoms with van der Waals surface area (Å²) in [7, 11) is 3.39. The molecule has 0 aromatic heterocycles. The smallest absolute Gasteiger partial charge is 0.246 e. The fraction of sp³-hybridized carbons (Fsp3) is 1.00. The van der Waals surface area contributed by atoms with Gasteiger partial charge in [0.2, 0.25) is 0 Å². The molecule has 7 heavy (non-hydrogen) atoms. The van der Waals surface area contributed by atoms with Crippen molar-refractivity contribution in [3.63, 3.8) is 0 Å². The minimum atomic E-state index is -0.901. The summed E-state index contributed by atoms with van der Waals surface area (Å²) in [5.74, 6) is 0. The van der Waals surface area contributed by atoms with Crippen molar-refractivity contribution in [2.75, 3.05) is 14.1 Å². The van der Waals surface area contributed by atoms with E-state index in [0.29, 0.717) is 0 Å². The van der Waals surface area contributed by atoms with Crippen molar-refractivity contribution in [2.24, 2.45) is 0 Å². The predicted molar refractivity (Wildman–Crippen MR) is 37.3 cm³/mol. The van der Waals surface area contributed by atoms with Gasteiger partial charge < -0.3 is 0 Å². The molecule has 0 amide bonds. The van der Waals surface area contributed by atoms with Crippen molar-refractivity contribution in [2.45, 2.75) is 19.6 Å². The normalized spacial score (nSPS) is 12.9. The average Bonchev–Trinajstić information content (AvgIpc) is 1.31. The second kappa shape index (κ2) is 1.97. The maximum atomic E-state index is 2.33. The van der Waals surface area contributed by atoms with Crippen LogP contribution in [0.15, 0.2) is 0 Å². The summed E-state index contributed by atoms with van der Waals surface area (Å²) in [5.41, 5.74) is 0. The lowest BCUT2D eigenvalue weighted by Gasteiger charge is -2.12. The van der Waals surface area contributed by atoms with Crippen LogP contribution >= 0.6 is 0 Å². The zero-order chi connectivity index (χ0) is 6.08. The Hall–Kier alpha value is 0.177. The minimum absolute atomic E-state index is 0.901. The molecule has 0 N–H and O–H groups in total. The lowest BCUT2D eigenvalue weighted by atomic mass is 11.3. The Kier molecular flexibility index (Phi) is 2.02. The van der Waals surface area contributed by atoms with E-state index in [4.69, 9.17) is 0 Å². The zero-order valence-electron chi connectivity index (χ0n) is 5.95. The van der Waals surface area contributed by atoms with Gasteiger partial charge in [-0.2, -0.15) is 0 Å². The zero-order valence-corrected chi connectivity index (χ0v) is 6.95. The Balaban J connectivity index is 3.54. The van der Waals surface area contributed by atoms with Crippen molar-refractivity contribution in [3.8, 4) is 0 Å². The van der Waals surface area contributed by atoms with Crippen molar-refractivity contribution in [1.29, 1.82) is 0 Å². The van der Waals surface area contributed by atoms with Gasteiger partial charge in [0.25, 0.3) is 0 Å². The van der Waals surface area contributed by atoms with Crippen LogP contribution in [-0.4, -0.2) is 22.3 Å². The SMILES string of the molecule is C[N+](C)[Si](C)(C)C. The summed E-state index contributed by atoms with van der Waals surface area (Å²) in [5, 5.41) is 0. The Labute approximate surface area is 47.4 Å². The number of hydrogen-bond acceptors (Lipinski definition) is 1. The molecule has 2 heteroatoms. The molecule has 0 aromatic carbocycles. The quantitative estimate of drug-likeness (QED) is 0.455. The van der Waals surface area contributed by atoms with E-state index in [9.17, 15) is 0 Å². The Morgan fingerprint density at radius 2 is 1.14 bits per heavy atom. The van der Waals surface area contributed by atoms with Gasteiger partial charge in [0.15, 0.2) is 0 Å². The van der Waals surface area contributed by atoms with E-state index in [-0.39, 0.29) is 0 Å². The summed E-state index contributed by atoms with van der Waals surface area (Å²) >= 11 is 0. The van der Waals surface area contributed by atoms with Crippen LogP contribution in [0.3, 0.4) is 0 Å². The molecule has 1 radical (unpaired) electrons. The van der Waals surface area contributed by atoms with E-state index in [1.807, 2.05) is 0 Å². The van der Waals surface area contributed by atoms with Crippen LogP contribution in [0.2, 0.25) is 19.6 Å². The van der Waals surface area contributed by atoms with Crippen molar-refractivity contribution >= 4 is 8.24 Å². The molecule has 0 aromatic rings. The standard InChI is InChI=1S/C5H15NSi/c1-6(2)7(3,4)5/h1-5H3/q+1. The number of hydrogen-bond donors (Lipinski definition) is 0.